The van der Waals surface area contributed by atoms with Gasteiger partial charge in [0.25, 0.3) is 5.91 Å². The first-order chi connectivity index (χ1) is 11.1. The Hall–Kier alpha value is -1.49. The van der Waals surface area contributed by atoms with E-state index in [4.69, 9.17) is 23.2 Å². The van der Waals surface area contributed by atoms with Crippen molar-refractivity contribution in [3.8, 4) is 11.3 Å². The molecule has 0 radical (unpaired) electrons. The molecule has 2 bridgehead atoms. The zero-order chi connectivity index (χ0) is 16.0. The molecule has 0 saturated carbocycles. The minimum absolute atomic E-state index is 0.0660. The van der Waals surface area contributed by atoms with Crippen LogP contribution in [0.2, 0.25) is 10.0 Å². The fourth-order valence-corrected chi connectivity index (χ4v) is 4.16. The lowest BCUT2D eigenvalue weighted by atomic mass is 9.95. The molecule has 2 aromatic rings. The average Bonchev–Trinajstić information content (AvgIpc) is 3.22. The summed E-state index contributed by atoms with van der Waals surface area (Å²) in [6.45, 7) is 0. The van der Waals surface area contributed by atoms with Crippen LogP contribution in [-0.4, -0.2) is 29.0 Å². The first-order valence-corrected chi connectivity index (χ1v) is 8.56. The second kappa shape index (κ2) is 5.86. The lowest BCUT2D eigenvalue weighted by Crippen LogP contribution is -2.43. The van der Waals surface area contributed by atoms with Crippen LogP contribution in [0.4, 0.5) is 0 Å². The number of hydrogen-bond acceptors (Lipinski definition) is 2. The Balaban J connectivity index is 1.50. The number of aromatic amines is 1. The molecule has 0 aliphatic carbocycles. The number of carbonyl (C=O) groups excluding carboxylic acids is 1. The molecule has 120 valence electrons. The van der Waals surface area contributed by atoms with Crippen molar-refractivity contribution in [3.05, 3.63) is 46.1 Å². The molecule has 2 saturated heterocycles. The summed E-state index contributed by atoms with van der Waals surface area (Å²) in [5.74, 6) is -0.0660. The maximum Gasteiger partial charge on any atom is 0.267 e. The first kappa shape index (κ1) is 15.1. The highest BCUT2D eigenvalue weighted by Gasteiger charge is 2.39. The number of hydrogen-bond donors (Lipinski definition) is 3. The molecule has 1 aromatic carbocycles. The minimum Gasteiger partial charge on any atom is -0.351 e. The standard InChI is InChI=1S/C17H17Cl2N3O/c18-10-5-9(6-11(19)7-10)13-3-4-15(21-13)17(23)22-16-8-12-1-2-14(16)20-12/h3-7,12,14,16,20-21H,1-2,8H2,(H,22,23)/t12-,14+,16-/m1/s1. The number of carbonyl (C=O) groups is 1. The molecule has 2 fully saturated rings. The number of amides is 1. The van der Waals surface area contributed by atoms with Gasteiger partial charge in [0.1, 0.15) is 5.69 Å². The third-order valence-corrected chi connectivity index (χ3v) is 5.16. The third-order valence-electron chi connectivity index (χ3n) is 4.72. The minimum atomic E-state index is -0.0660. The Kier molecular flexibility index (Phi) is 3.84. The van der Waals surface area contributed by atoms with Gasteiger partial charge in [-0.15, -0.1) is 0 Å². The third kappa shape index (κ3) is 2.99. The highest BCUT2D eigenvalue weighted by atomic mass is 35.5. The molecule has 23 heavy (non-hydrogen) atoms. The number of H-pyrrole nitrogens is 1. The van der Waals surface area contributed by atoms with Crippen LogP contribution in [0.15, 0.2) is 30.3 Å². The van der Waals surface area contributed by atoms with Crippen LogP contribution >= 0.6 is 23.2 Å². The SMILES string of the molecule is O=C(N[C@@H]1C[C@H]2CC[C@@H]1N2)c1ccc(-c2cc(Cl)cc(Cl)c2)[nH]1. The molecule has 2 aliphatic heterocycles. The lowest BCUT2D eigenvalue weighted by Gasteiger charge is -2.21. The topological polar surface area (TPSA) is 56.9 Å². The second-order valence-corrected chi connectivity index (χ2v) is 7.18. The van der Waals surface area contributed by atoms with Crippen molar-refractivity contribution < 1.29 is 4.79 Å². The molecule has 2 aliphatic rings. The van der Waals surface area contributed by atoms with Crippen molar-refractivity contribution in [1.29, 1.82) is 0 Å². The van der Waals surface area contributed by atoms with Crippen LogP contribution in [0, 0.1) is 0 Å². The molecule has 1 aromatic heterocycles. The summed E-state index contributed by atoms with van der Waals surface area (Å²) in [7, 11) is 0. The zero-order valence-corrected chi connectivity index (χ0v) is 13.9. The van der Waals surface area contributed by atoms with Gasteiger partial charge in [0, 0.05) is 39.4 Å². The van der Waals surface area contributed by atoms with Gasteiger partial charge in [-0.25, -0.2) is 0 Å². The predicted octanol–water partition coefficient (Wildman–Crippen LogP) is 3.61. The maximum absolute atomic E-state index is 12.4. The number of benzene rings is 1. The number of nitrogens with one attached hydrogen (secondary N) is 3. The van der Waals surface area contributed by atoms with Crippen molar-refractivity contribution in [2.75, 3.05) is 0 Å². The normalized spacial score (nSPS) is 25.7. The largest absolute Gasteiger partial charge is 0.351 e. The number of halogens is 2. The van der Waals surface area contributed by atoms with E-state index >= 15 is 0 Å². The molecular weight excluding hydrogens is 333 g/mol. The van der Waals surface area contributed by atoms with Gasteiger partial charge in [-0.05, 0) is 49.6 Å². The van der Waals surface area contributed by atoms with Gasteiger partial charge < -0.3 is 15.6 Å². The van der Waals surface area contributed by atoms with E-state index in [-0.39, 0.29) is 11.9 Å². The van der Waals surface area contributed by atoms with E-state index in [2.05, 4.69) is 15.6 Å². The summed E-state index contributed by atoms with van der Waals surface area (Å²) in [4.78, 5) is 15.6. The van der Waals surface area contributed by atoms with Gasteiger partial charge in [0.2, 0.25) is 0 Å². The van der Waals surface area contributed by atoms with Gasteiger partial charge in [-0.2, -0.15) is 0 Å². The number of fused-ring (bicyclic) bond motifs is 2. The summed E-state index contributed by atoms with van der Waals surface area (Å²) in [6.07, 6.45) is 3.39. The Labute approximate surface area is 144 Å². The zero-order valence-electron chi connectivity index (χ0n) is 12.4. The van der Waals surface area contributed by atoms with Gasteiger partial charge in [0.05, 0.1) is 0 Å². The van der Waals surface area contributed by atoms with Crippen molar-refractivity contribution in [2.24, 2.45) is 0 Å². The maximum atomic E-state index is 12.4. The van der Waals surface area contributed by atoms with Crippen LogP contribution in [-0.2, 0) is 0 Å². The quantitative estimate of drug-likeness (QED) is 0.792. The van der Waals surface area contributed by atoms with Crippen LogP contribution < -0.4 is 10.6 Å². The van der Waals surface area contributed by atoms with Crippen LogP contribution in [0.25, 0.3) is 11.3 Å². The van der Waals surface area contributed by atoms with E-state index in [0.29, 0.717) is 27.8 Å². The van der Waals surface area contributed by atoms with Gasteiger partial charge in [0.15, 0.2) is 0 Å². The highest BCUT2D eigenvalue weighted by molar-refractivity contribution is 6.35. The molecular formula is C17H17Cl2N3O. The summed E-state index contributed by atoms with van der Waals surface area (Å²) in [5.41, 5.74) is 2.24. The van der Waals surface area contributed by atoms with Crippen LogP contribution in [0.1, 0.15) is 29.8 Å². The molecule has 1 amide bonds. The van der Waals surface area contributed by atoms with Gasteiger partial charge in [-0.3, -0.25) is 4.79 Å². The Morgan fingerprint density at radius 3 is 2.57 bits per heavy atom. The lowest BCUT2D eigenvalue weighted by molar-refractivity contribution is 0.0926. The monoisotopic (exact) mass is 349 g/mol. The Morgan fingerprint density at radius 1 is 1.13 bits per heavy atom. The highest BCUT2D eigenvalue weighted by Crippen LogP contribution is 2.29. The van der Waals surface area contributed by atoms with Crippen LogP contribution in [0.3, 0.4) is 0 Å². The summed E-state index contributed by atoms with van der Waals surface area (Å²) < 4.78 is 0. The molecule has 6 heteroatoms. The molecule has 0 unspecified atom stereocenters. The molecule has 0 spiro atoms. The van der Waals surface area contributed by atoms with Crippen molar-refractivity contribution in [1.82, 2.24) is 15.6 Å². The summed E-state index contributed by atoms with van der Waals surface area (Å²) in [5, 5.41) is 7.79. The average molecular weight is 350 g/mol. The summed E-state index contributed by atoms with van der Waals surface area (Å²) in [6, 6.07) is 10.2. The first-order valence-electron chi connectivity index (χ1n) is 7.81. The van der Waals surface area contributed by atoms with Crippen molar-refractivity contribution in [2.45, 2.75) is 37.4 Å². The van der Waals surface area contributed by atoms with E-state index in [1.54, 1.807) is 12.1 Å². The molecule has 3 N–H and O–H groups in total. The van der Waals surface area contributed by atoms with Crippen LogP contribution in [0.5, 0.6) is 0 Å². The van der Waals surface area contributed by atoms with E-state index < -0.39 is 0 Å². The predicted molar refractivity (Wildman–Crippen MR) is 92.1 cm³/mol. The molecule has 3 atom stereocenters. The molecule has 4 nitrogen and oxygen atoms in total. The second-order valence-electron chi connectivity index (χ2n) is 6.31. The van der Waals surface area contributed by atoms with Crippen molar-refractivity contribution >= 4 is 29.1 Å². The van der Waals surface area contributed by atoms with E-state index in [9.17, 15) is 4.79 Å². The number of aromatic nitrogens is 1. The molecule has 3 heterocycles. The Bertz CT molecular complexity index is 738. The molecule has 4 rings (SSSR count). The Morgan fingerprint density at radius 2 is 1.91 bits per heavy atom. The van der Waals surface area contributed by atoms with Gasteiger partial charge in [-0.1, -0.05) is 23.2 Å². The van der Waals surface area contributed by atoms with Gasteiger partial charge >= 0.3 is 0 Å². The van der Waals surface area contributed by atoms with E-state index in [1.807, 2.05) is 18.2 Å². The fraction of sp³-hybridized carbons (Fsp3) is 0.353. The fourth-order valence-electron chi connectivity index (χ4n) is 3.64. The van der Waals surface area contributed by atoms with E-state index in [1.165, 1.54) is 6.42 Å². The smallest absolute Gasteiger partial charge is 0.267 e. The van der Waals surface area contributed by atoms with E-state index in [0.717, 1.165) is 24.1 Å². The number of rotatable bonds is 3. The van der Waals surface area contributed by atoms with Crippen molar-refractivity contribution in [3.63, 3.8) is 0 Å². The summed E-state index contributed by atoms with van der Waals surface area (Å²) >= 11 is 12.1.